The second-order valence-electron chi connectivity index (χ2n) is 5.62. The van der Waals surface area contributed by atoms with Gasteiger partial charge in [0.25, 0.3) is 11.4 Å². The van der Waals surface area contributed by atoms with E-state index >= 15 is 0 Å². The molecule has 2 aliphatic heterocycles. The number of fused-ring (bicyclic) bond motifs is 1. The minimum Gasteiger partial charge on any atom is -0.475 e. The molecule has 1 aromatic heterocycles. The number of H-pyrrole nitrogens is 1. The Balaban J connectivity index is 1.93. The van der Waals surface area contributed by atoms with Gasteiger partial charge in [-0.15, -0.1) is 0 Å². The zero-order valence-corrected chi connectivity index (χ0v) is 13.0. The molecule has 3 rings (SSSR count). The first-order valence-electron chi connectivity index (χ1n) is 7.37. The summed E-state index contributed by atoms with van der Waals surface area (Å²) in [6.07, 6.45) is -1.93. The van der Waals surface area contributed by atoms with Crippen LogP contribution in [0.4, 0.5) is 22.2 Å². The summed E-state index contributed by atoms with van der Waals surface area (Å²) < 4.78 is 10.3. The molecule has 3 atom stereocenters. The topological polar surface area (TPSA) is 154 Å². The molecule has 0 spiro atoms. The Morgan fingerprint density at radius 2 is 2.38 bits per heavy atom. The Labute approximate surface area is 137 Å². The lowest BCUT2D eigenvalue weighted by Gasteiger charge is -2.26. The maximum atomic E-state index is 12.2. The number of rotatable bonds is 4. The van der Waals surface area contributed by atoms with Crippen molar-refractivity contribution in [2.75, 3.05) is 35.8 Å². The standard InChI is InChI=1S/C12H18BN5O6/c1-23-11(22)13-18-4-17(7-2-5(20)6(3-19)24-7)9-8(18)10(21)16-12(14)15-9/h5-7,13,19-20H,2-4H2,1H3,(H3,14,15,16,21)/t5-,6+,7+/m0/s1. The SMILES string of the molecule is COC(=O)BN1CN([C@H]2C[C@H](O)[C@@H](CO)O2)c2nc(N)[nH]c(=O)c21. The fourth-order valence-corrected chi connectivity index (χ4v) is 2.93. The number of aliphatic hydroxyl groups is 2. The fourth-order valence-electron chi connectivity index (χ4n) is 2.93. The normalized spacial score (nSPS) is 25.7. The number of nitrogen functional groups attached to an aromatic ring is 1. The number of aliphatic hydroxyl groups excluding tert-OH is 2. The second-order valence-corrected chi connectivity index (χ2v) is 5.62. The van der Waals surface area contributed by atoms with Crippen LogP contribution in [0.3, 0.4) is 0 Å². The molecule has 2 aliphatic rings. The van der Waals surface area contributed by atoms with E-state index in [1.165, 1.54) is 11.9 Å². The van der Waals surface area contributed by atoms with Crippen molar-refractivity contribution in [3.63, 3.8) is 0 Å². The highest BCUT2D eigenvalue weighted by molar-refractivity contribution is 6.75. The van der Waals surface area contributed by atoms with Crippen LogP contribution in [0.2, 0.25) is 0 Å². The Morgan fingerprint density at radius 1 is 1.62 bits per heavy atom. The number of nitrogens with two attached hydrogens (primary N) is 1. The molecule has 0 unspecified atom stereocenters. The van der Waals surface area contributed by atoms with E-state index in [1.54, 1.807) is 4.90 Å². The molecule has 0 bridgehead atoms. The van der Waals surface area contributed by atoms with Crippen LogP contribution in [0.15, 0.2) is 4.79 Å². The number of hydrogen-bond donors (Lipinski definition) is 4. The zero-order valence-electron chi connectivity index (χ0n) is 13.0. The number of nitrogens with zero attached hydrogens (tertiary/aromatic N) is 3. The number of ether oxygens (including phenoxy) is 2. The monoisotopic (exact) mass is 339 g/mol. The molecule has 1 aromatic rings. The number of hydrogen-bond acceptors (Lipinski definition) is 10. The summed E-state index contributed by atoms with van der Waals surface area (Å²) in [6, 6.07) is 0. The molecule has 24 heavy (non-hydrogen) atoms. The Morgan fingerprint density at radius 3 is 3.00 bits per heavy atom. The van der Waals surface area contributed by atoms with Gasteiger partial charge in [0.2, 0.25) is 5.95 Å². The highest BCUT2D eigenvalue weighted by Gasteiger charge is 2.43. The number of aromatic nitrogens is 2. The van der Waals surface area contributed by atoms with Gasteiger partial charge in [0.05, 0.1) is 26.5 Å². The van der Waals surface area contributed by atoms with Crippen LogP contribution in [0.1, 0.15) is 6.42 Å². The van der Waals surface area contributed by atoms with Crippen molar-refractivity contribution in [2.45, 2.75) is 24.9 Å². The number of carbonyl (C=O) groups excluding carboxylic acids is 1. The van der Waals surface area contributed by atoms with Crippen LogP contribution in [0.5, 0.6) is 0 Å². The van der Waals surface area contributed by atoms with E-state index in [2.05, 4.69) is 14.7 Å². The number of nitrogens with one attached hydrogen (secondary N) is 1. The molecule has 1 saturated heterocycles. The first-order valence-corrected chi connectivity index (χ1v) is 7.37. The molecule has 5 N–H and O–H groups in total. The second kappa shape index (κ2) is 6.30. The maximum absolute atomic E-state index is 12.2. The number of anilines is 3. The molecular weight excluding hydrogens is 321 g/mol. The number of aromatic amines is 1. The summed E-state index contributed by atoms with van der Waals surface area (Å²) in [4.78, 5) is 33.5. The van der Waals surface area contributed by atoms with Crippen LogP contribution < -0.4 is 21.0 Å². The van der Waals surface area contributed by atoms with Gasteiger partial charge in [-0.1, -0.05) is 0 Å². The molecular formula is C12H18BN5O6. The van der Waals surface area contributed by atoms with Crippen LogP contribution in [-0.2, 0) is 9.47 Å². The Kier molecular flexibility index (Phi) is 4.34. The fraction of sp³-hybridized carbons (Fsp3) is 0.583. The molecule has 3 heterocycles. The Hall–Kier alpha value is -2.31. The predicted octanol–water partition coefficient (Wildman–Crippen LogP) is -2.48. The highest BCUT2D eigenvalue weighted by Crippen LogP contribution is 2.36. The number of methoxy groups -OCH3 is 1. The minimum absolute atomic E-state index is 0.0686. The third-order valence-corrected chi connectivity index (χ3v) is 4.09. The van der Waals surface area contributed by atoms with E-state index in [9.17, 15) is 19.8 Å². The minimum atomic E-state index is -0.836. The van der Waals surface area contributed by atoms with Crippen molar-refractivity contribution in [2.24, 2.45) is 0 Å². The van der Waals surface area contributed by atoms with E-state index in [1.807, 2.05) is 0 Å². The number of carbonyl (C=O) groups is 1. The van der Waals surface area contributed by atoms with Gasteiger partial charge in [-0.3, -0.25) is 14.6 Å². The van der Waals surface area contributed by atoms with Crippen molar-refractivity contribution < 1.29 is 24.5 Å². The van der Waals surface area contributed by atoms with E-state index < -0.39 is 29.9 Å². The lowest BCUT2D eigenvalue weighted by Crippen LogP contribution is -2.42. The third kappa shape index (κ3) is 2.79. The lowest BCUT2D eigenvalue weighted by molar-refractivity contribution is -0.0219. The zero-order chi connectivity index (χ0) is 17.4. The molecule has 12 heteroatoms. The van der Waals surface area contributed by atoms with Gasteiger partial charge in [0.15, 0.2) is 5.82 Å². The van der Waals surface area contributed by atoms with Crippen molar-refractivity contribution in [3.8, 4) is 0 Å². The molecule has 0 amide bonds. The molecule has 0 aliphatic carbocycles. The third-order valence-electron chi connectivity index (χ3n) is 4.09. The summed E-state index contributed by atoms with van der Waals surface area (Å²) in [7, 11) is 1.11. The molecule has 1 fully saturated rings. The largest absolute Gasteiger partial charge is 0.475 e. The predicted molar refractivity (Wildman–Crippen MR) is 85.0 cm³/mol. The van der Waals surface area contributed by atoms with Crippen LogP contribution >= 0.6 is 0 Å². The summed E-state index contributed by atoms with van der Waals surface area (Å²) in [6.45, 7) is -0.186. The lowest BCUT2D eigenvalue weighted by atomic mass is 9.92. The van der Waals surface area contributed by atoms with Crippen molar-refractivity contribution >= 4 is 30.7 Å². The van der Waals surface area contributed by atoms with Crippen LogP contribution in [0, 0.1) is 0 Å². The molecule has 0 aromatic carbocycles. The van der Waals surface area contributed by atoms with E-state index in [0.717, 1.165) is 0 Å². The molecule has 11 nitrogen and oxygen atoms in total. The van der Waals surface area contributed by atoms with Gasteiger partial charge in [0.1, 0.15) is 18.0 Å². The molecule has 130 valence electrons. The molecule has 0 radical (unpaired) electrons. The average Bonchev–Trinajstić information content (AvgIpc) is 3.07. The van der Waals surface area contributed by atoms with Gasteiger partial charge in [0, 0.05) is 6.42 Å². The van der Waals surface area contributed by atoms with Gasteiger partial charge >= 0.3 is 7.41 Å². The smallest absolute Gasteiger partial charge is 0.372 e. The van der Waals surface area contributed by atoms with E-state index in [0.29, 0.717) is 0 Å². The van der Waals surface area contributed by atoms with Gasteiger partial charge in [-0.2, -0.15) is 4.98 Å². The van der Waals surface area contributed by atoms with Gasteiger partial charge < -0.3 is 35.1 Å². The van der Waals surface area contributed by atoms with Crippen LogP contribution in [0.25, 0.3) is 0 Å². The quantitative estimate of drug-likeness (QED) is 0.434. The Bertz CT molecular complexity index is 699. The summed E-state index contributed by atoms with van der Waals surface area (Å²) in [5.74, 6) is -0.323. The van der Waals surface area contributed by atoms with Crippen molar-refractivity contribution in [3.05, 3.63) is 10.4 Å². The summed E-state index contributed by atoms with van der Waals surface area (Å²) in [5.41, 5.74) is 5.31. The van der Waals surface area contributed by atoms with E-state index in [4.69, 9.17) is 10.5 Å². The van der Waals surface area contributed by atoms with Crippen molar-refractivity contribution in [1.82, 2.24) is 9.97 Å². The van der Waals surface area contributed by atoms with Crippen LogP contribution in [-0.4, -0.2) is 72.3 Å². The first-order chi connectivity index (χ1) is 11.4. The molecule has 0 saturated carbocycles. The van der Waals surface area contributed by atoms with Gasteiger partial charge in [-0.25, -0.2) is 0 Å². The maximum Gasteiger partial charge on any atom is 0.372 e. The van der Waals surface area contributed by atoms with Crippen molar-refractivity contribution in [1.29, 1.82) is 0 Å². The van der Waals surface area contributed by atoms with Gasteiger partial charge in [-0.05, 0) is 0 Å². The first kappa shape index (κ1) is 16.5. The average molecular weight is 339 g/mol. The van der Waals surface area contributed by atoms with E-state index in [-0.39, 0.29) is 44.6 Å². The highest BCUT2D eigenvalue weighted by atomic mass is 16.5. The summed E-state index contributed by atoms with van der Waals surface area (Å²) >= 11 is 0. The summed E-state index contributed by atoms with van der Waals surface area (Å²) in [5, 5.41) is 19.1.